The molecule has 2 N–H and O–H groups in total. The molecule has 24 heavy (non-hydrogen) atoms. The Hall–Kier alpha value is -2.60. The molecule has 2 aromatic rings. The lowest BCUT2D eigenvalue weighted by Gasteiger charge is -2.13. The molecule has 1 aromatic heterocycles. The van der Waals surface area contributed by atoms with Crippen LogP contribution < -0.4 is 10.6 Å². The van der Waals surface area contributed by atoms with Gasteiger partial charge in [0.15, 0.2) is 5.82 Å². The van der Waals surface area contributed by atoms with Crippen molar-refractivity contribution in [2.45, 2.75) is 26.8 Å². The molecule has 0 unspecified atom stereocenters. The maximum Gasteiger partial charge on any atom is 0.247 e. The van der Waals surface area contributed by atoms with Gasteiger partial charge in [-0.15, -0.1) is 0 Å². The van der Waals surface area contributed by atoms with Gasteiger partial charge in [0.25, 0.3) is 0 Å². The molecule has 2 amide bonds. The molecule has 0 aliphatic rings. The van der Waals surface area contributed by atoms with Crippen LogP contribution in [0.15, 0.2) is 40.4 Å². The summed E-state index contributed by atoms with van der Waals surface area (Å²) in [4.78, 5) is 24.2. The van der Waals surface area contributed by atoms with Crippen molar-refractivity contribution in [3.05, 3.63) is 52.3 Å². The van der Waals surface area contributed by atoms with Crippen LogP contribution in [0.3, 0.4) is 0 Å². The summed E-state index contributed by atoms with van der Waals surface area (Å²) >= 11 is 5.83. The van der Waals surface area contributed by atoms with Gasteiger partial charge in [0.05, 0.1) is 0 Å². The monoisotopic (exact) mass is 347 g/mol. The summed E-state index contributed by atoms with van der Waals surface area (Å²) in [5.41, 5.74) is 1.33. The van der Waals surface area contributed by atoms with Crippen molar-refractivity contribution in [3.8, 4) is 0 Å². The number of halogens is 1. The molecule has 1 atom stereocenters. The number of rotatable bonds is 5. The van der Waals surface area contributed by atoms with Gasteiger partial charge in [-0.1, -0.05) is 28.9 Å². The van der Waals surface area contributed by atoms with Crippen molar-refractivity contribution < 1.29 is 14.1 Å². The van der Waals surface area contributed by atoms with E-state index in [-0.39, 0.29) is 11.8 Å². The molecular weight excluding hydrogens is 330 g/mol. The summed E-state index contributed by atoms with van der Waals surface area (Å²) in [6.45, 7) is 4.99. The molecule has 0 saturated carbocycles. The van der Waals surface area contributed by atoms with E-state index in [1.54, 1.807) is 45.0 Å². The predicted molar refractivity (Wildman–Crippen MR) is 92.6 cm³/mol. The normalized spacial score (nSPS) is 12.6. The largest absolute Gasteiger partial charge is 0.360 e. The Balaban J connectivity index is 1.94. The first kappa shape index (κ1) is 17.7. The third kappa shape index (κ3) is 4.96. The predicted octanol–water partition coefficient (Wildman–Crippen LogP) is 3.18. The second-order valence-corrected chi connectivity index (χ2v) is 5.82. The molecule has 0 aliphatic carbocycles. The highest BCUT2D eigenvalue weighted by Crippen LogP contribution is 2.13. The van der Waals surface area contributed by atoms with Gasteiger partial charge in [0, 0.05) is 16.7 Å². The third-order valence-corrected chi connectivity index (χ3v) is 3.48. The van der Waals surface area contributed by atoms with E-state index in [9.17, 15) is 9.59 Å². The van der Waals surface area contributed by atoms with Gasteiger partial charge in [-0.3, -0.25) is 9.59 Å². The lowest BCUT2D eigenvalue weighted by atomic mass is 10.1. The number of carbonyl (C=O) groups excluding carboxylic acids is 2. The molecule has 0 spiro atoms. The number of anilines is 1. The van der Waals surface area contributed by atoms with Gasteiger partial charge in [-0.05, 0) is 44.5 Å². The Morgan fingerprint density at radius 1 is 1.29 bits per heavy atom. The smallest absolute Gasteiger partial charge is 0.247 e. The average Bonchev–Trinajstić information content (AvgIpc) is 2.94. The fraction of sp³-hybridized carbons (Fsp3) is 0.235. The first-order valence-electron chi connectivity index (χ1n) is 7.34. The van der Waals surface area contributed by atoms with Crippen LogP contribution in [0, 0.1) is 6.92 Å². The van der Waals surface area contributed by atoms with Crippen molar-refractivity contribution in [2.75, 3.05) is 5.32 Å². The second-order valence-electron chi connectivity index (χ2n) is 5.39. The van der Waals surface area contributed by atoms with Gasteiger partial charge in [0.2, 0.25) is 11.8 Å². The number of nitrogens with one attached hydrogen (secondary N) is 2. The van der Waals surface area contributed by atoms with E-state index < -0.39 is 6.04 Å². The highest BCUT2D eigenvalue weighted by atomic mass is 35.5. The van der Waals surface area contributed by atoms with Crippen LogP contribution in [0.25, 0.3) is 6.08 Å². The average molecular weight is 348 g/mol. The van der Waals surface area contributed by atoms with Crippen molar-refractivity contribution in [2.24, 2.45) is 0 Å². The van der Waals surface area contributed by atoms with Crippen LogP contribution >= 0.6 is 11.6 Å². The molecule has 0 fully saturated rings. The molecule has 2 rings (SSSR count). The number of nitrogens with zero attached hydrogens (tertiary/aromatic N) is 1. The molecule has 0 saturated heterocycles. The SMILES string of the molecule is C/C(=C\c1ccc(Cl)cc1)C(=O)N[C@@H](C)C(=O)Nc1cc(C)on1. The molecule has 1 aromatic carbocycles. The van der Waals surface area contributed by atoms with Gasteiger partial charge in [-0.2, -0.15) is 0 Å². The zero-order chi connectivity index (χ0) is 17.7. The highest BCUT2D eigenvalue weighted by Gasteiger charge is 2.17. The second kappa shape index (κ2) is 7.79. The number of hydrogen-bond donors (Lipinski definition) is 2. The lowest BCUT2D eigenvalue weighted by Crippen LogP contribution is -2.41. The minimum atomic E-state index is -0.719. The Labute approximate surface area is 144 Å². The van der Waals surface area contributed by atoms with Crippen molar-refractivity contribution in [1.29, 1.82) is 0 Å². The van der Waals surface area contributed by atoms with Gasteiger partial charge >= 0.3 is 0 Å². The number of amides is 2. The maximum atomic E-state index is 12.2. The van der Waals surface area contributed by atoms with Crippen molar-refractivity contribution in [3.63, 3.8) is 0 Å². The molecule has 0 radical (unpaired) electrons. The standard InChI is InChI=1S/C17H18ClN3O3/c1-10(8-13-4-6-14(18)7-5-13)16(22)19-12(3)17(23)20-15-9-11(2)24-21-15/h4-9,12H,1-3H3,(H,19,22)(H,20,21,23)/b10-8+/t12-/m0/s1. The first-order valence-corrected chi connectivity index (χ1v) is 7.72. The van der Waals surface area contributed by atoms with Crippen LogP contribution in [0.2, 0.25) is 5.02 Å². The Bertz CT molecular complexity index is 766. The molecule has 0 aliphatic heterocycles. The summed E-state index contributed by atoms with van der Waals surface area (Å²) in [6, 6.07) is 7.98. The van der Waals surface area contributed by atoms with Crippen molar-refractivity contribution >= 4 is 35.3 Å². The minimum absolute atomic E-state index is 0.312. The Morgan fingerprint density at radius 3 is 2.54 bits per heavy atom. The summed E-state index contributed by atoms with van der Waals surface area (Å²) in [6.07, 6.45) is 1.72. The van der Waals surface area contributed by atoms with Crippen molar-refractivity contribution in [1.82, 2.24) is 10.5 Å². The van der Waals surface area contributed by atoms with Crippen LogP contribution in [0.1, 0.15) is 25.2 Å². The Morgan fingerprint density at radius 2 is 1.96 bits per heavy atom. The highest BCUT2D eigenvalue weighted by molar-refractivity contribution is 6.30. The molecule has 1 heterocycles. The zero-order valence-electron chi connectivity index (χ0n) is 13.6. The quantitative estimate of drug-likeness (QED) is 0.813. The van der Waals surface area contributed by atoms with Gasteiger partial charge < -0.3 is 15.2 Å². The van der Waals surface area contributed by atoms with E-state index in [0.717, 1.165) is 5.56 Å². The fourth-order valence-corrected chi connectivity index (χ4v) is 2.04. The number of hydrogen-bond acceptors (Lipinski definition) is 4. The zero-order valence-corrected chi connectivity index (χ0v) is 14.3. The number of carbonyl (C=O) groups is 2. The van der Waals surface area contributed by atoms with E-state index in [0.29, 0.717) is 22.2 Å². The van der Waals surface area contributed by atoms with E-state index >= 15 is 0 Å². The molecular formula is C17H18ClN3O3. The van der Waals surface area contributed by atoms with E-state index in [1.165, 1.54) is 0 Å². The van der Waals surface area contributed by atoms with Crippen LogP contribution in [0.4, 0.5) is 5.82 Å². The van der Waals surface area contributed by atoms with Gasteiger partial charge in [-0.25, -0.2) is 0 Å². The fourth-order valence-electron chi connectivity index (χ4n) is 1.91. The van der Waals surface area contributed by atoms with Crippen LogP contribution in [-0.4, -0.2) is 23.0 Å². The van der Waals surface area contributed by atoms with E-state index in [1.807, 2.05) is 12.1 Å². The summed E-state index contributed by atoms with van der Waals surface area (Å²) < 4.78 is 4.87. The molecule has 126 valence electrons. The number of benzene rings is 1. The maximum absolute atomic E-state index is 12.2. The van der Waals surface area contributed by atoms with Crippen LogP contribution in [-0.2, 0) is 9.59 Å². The summed E-state index contributed by atoms with van der Waals surface area (Å²) in [5.74, 6) is 0.190. The Kier molecular flexibility index (Phi) is 5.76. The molecule has 0 bridgehead atoms. The molecule has 6 nitrogen and oxygen atoms in total. The lowest BCUT2D eigenvalue weighted by molar-refractivity contribution is -0.123. The summed E-state index contributed by atoms with van der Waals surface area (Å²) in [7, 11) is 0. The minimum Gasteiger partial charge on any atom is -0.360 e. The molecule has 7 heteroatoms. The van der Waals surface area contributed by atoms with E-state index in [4.69, 9.17) is 16.1 Å². The number of aryl methyl sites for hydroxylation is 1. The van der Waals surface area contributed by atoms with Gasteiger partial charge in [0.1, 0.15) is 11.8 Å². The first-order chi connectivity index (χ1) is 11.3. The summed E-state index contributed by atoms with van der Waals surface area (Å²) in [5, 5.41) is 9.51. The topological polar surface area (TPSA) is 84.2 Å². The number of aromatic nitrogens is 1. The van der Waals surface area contributed by atoms with E-state index in [2.05, 4.69) is 15.8 Å². The van der Waals surface area contributed by atoms with Crippen LogP contribution in [0.5, 0.6) is 0 Å². The third-order valence-electron chi connectivity index (χ3n) is 3.23.